The highest BCUT2D eigenvalue weighted by atomic mass is 32.2. The van der Waals surface area contributed by atoms with Crippen molar-refractivity contribution in [3.05, 3.63) is 54.1 Å². The molecule has 0 aromatic heterocycles. The Morgan fingerprint density at radius 3 is 2.25 bits per heavy atom. The van der Waals surface area contributed by atoms with Crippen molar-refractivity contribution >= 4 is 27.6 Å². The van der Waals surface area contributed by atoms with Crippen molar-refractivity contribution in [1.29, 1.82) is 0 Å². The summed E-state index contributed by atoms with van der Waals surface area (Å²) in [6.45, 7) is 0.478. The van der Waals surface area contributed by atoms with Crippen LogP contribution in [0.25, 0.3) is 0 Å². The van der Waals surface area contributed by atoms with Crippen LogP contribution in [-0.2, 0) is 30.8 Å². The van der Waals surface area contributed by atoms with Gasteiger partial charge in [0.25, 0.3) is 0 Å². The predicted molar refractivity (Wildman–Crippen MR) is 118 cm³/mol. The molecule has 9 heteroatoms. The summed E-state index contributed by atoms with van der Waals surface area (Å²) in [7, 11) is -0.815. The summed E-state index contributed by atoms with van der Waals surface area (Å²) < 4.78 is 37.4. The van der Waals surface area contributed by atoms with Crippen molar-refractivity contribution in [1.82, 2.24) is 4.31 Å². The number of anilines is 1. The molecule has 8 nitrogen and oxygen atoms in total. The first-order valence-electron chi connectivity index (χ1n) is 10.5. The molecule has 2 aromatic rings. The molecule has 1 fully saturated rings. The fraction of sp³-hybridized carbons (Fsp3) is 0.391. The van der Waals surface area contributed by atoms with Gasteiger partial charge in [0.15, 0.2) is 0 Å². The number of esters is 1. The number of ether oxygens (including phenoxy) is 2. The average Bonchev–Trinajstić information content (AvgIpc) is 3.22. The van der Waals surface area contributed by atoms with Gasteiger partial charge in [-0.1, -0.05) is 18.2 Å². The largest absolute Gasteiger partial charge is 0.497 e. The van der Waals surface area contributed by atoms with E-state index in [4.69, 9.17) is 9.47 Å². The molecule has 1 atom stereocenters. The van der Waals surface area contributed by atoms with Gasteiger partial charge in [-0.15, -0.1) is 0 Å². The van der Waals surface area contributed by atoms with Crippen molar-refractivity contribution in [2.45, 2.75) is 30.2 Å². The highest BCUT2D eigenvalue weighted by Gasteiger charge is 2.42. The van der Waals surface area contributed by atoms with E-state index in [1.54, 1.807) is 17.0 Å². The van der Waals surface area contributed by atoms with Gasteiger partial charge < -0.3 is 9.47 Å². The monoisotopic (exact) mass is 458 g/mol. The fourth-order valence-corrected chi connectivity index (χ4v) is 5.89. The molecule has 1 amide bonds. The molecule has 1 saturated heterocycles. The lowest BCUT2D eigenvalue weighted by atomic mass is 9.96. The average molecular weight is 459 g/mol. The number of carbonyl (C=O) groups is 2. The van der Waals surface area contributed by atoms with Crippen molar-refractivity contribution in [2.24, 2.45) is 5.92 Å². The van der Waals surface area contributed by atoms with E-state index in [2.05, 4.69) is 0 Å². The van der Waals surface area contributed by atoms with Crippen molar-refractivity contribution in [3.63, 3.8) is 0 Å². The Hall–Kier alpha value is -2.91. The molecular formula is C23H26N2O6S. The maximum atomic E-state index is 13.4. The SMILES string of the molecule is COC(=O)C1Cc2ccccc2N1C(=O)C1CCN(S(=O)(=O)c2ccc(OC)cc2)CC1. The van der Waals surface area contributed by atoms with Crippen LogP contribution in [0, 0.1) is 5.92 Å². The standard InChI is InChI=1S/C23H26N2O6S/c1-30-18-7-9-19(10-8-18)32(28,29)24-13-11-16(12-14-24)22(26)25-20-6-4-3-5-17(20)15-21(25)23(27)31-2/h3-10,16,21H,11-15H2,1-2H3. The van der Waals surface area contributed by atoms with E-state index in [1.807, 2.05) is 24.3 Å². The van der Waals surface area contributed by atoms with Crippen molar-refractivity contribution in [3.8, 4) is 5.75 Å². The highest BCUT2D eigenvalue weighted by molar-refractivity contribution is 7.89. The maximum Gasteiger partial charge on any atom is 0.329 e. The second kappa shape index (κ2) is 8.91. The van der Waals surface area contributed by atoms with Gasteiger partial charge in [-0.05, 0) is 48.7 Å². The van der Waals surface area contributed by atoms with E-state index in [-0.39, 0.29) is 29.8 Å². The second-order valence-electron chi connectivity index (χ2n) is 7.93. The van der Waals surface area contributed by atoms with Crippen LogP contribution in [0.1, 0.15) is 18.4 Å². The first-order chi connectivity index (χ1) is 15.4. The molecule has 2 heterocycles. The molecule has 0 aliphatic carbocycles. The van der Waals surface area contributed by atoms with E-state index < -0.39 is 22.0 Å². The summed E-state index contributed by atoms with van der Waals surface area (Å²) >= 11 is 0. The zero-order valence-electron chi connectivity index (χ0n) is 18.1. The molecular weight excluding hydrogens is 432 g/mol. The van der Waals surface area contributed by atoms with Crippen LogP contribution in [0.2, 0.25) is 0 Å². The molecule has 2 aliphatic heterocycles. The van der Waals surface area contributed by atoms with Crippen molar-refractivity contribution < 1.29 is 27.5 Å². The Labute approximate surface area is 187 Å². The van der Waals surface area contributed by atoms with Crippen LogP contribution in [0.4, 0.5) is 5.69 Å². The first-order valence-corrected chi connectivity index (χ1v) is 11.9. The minimum atomic E-state index is -3.65. The summed E-state index contributed by atoms with van der Waals surface area (Å²) in [6.07, 6.45) is 1.20. The molecule has 0 N–H and O–H groups in total. The van der Waals surface area contributed by atoms with Crippen LogP contribution < -0.4 is 9.64 Å². The summed E-state index contributed by atoms with van der Waals surface area (Å²) in [4.78, 5) is 27.5. The Balaban J connectivity index is 1.48. The number of nitrogens with zero attached hydrogens (tertiary/aromatic N) is 2. The Bertz CT molecular complexity index is 1110. The topological polar surface area (TPSA) is 93.2 Å². The normalized spacial score (nSPS) is 19.4. The highest BCUT2D eigenvalue weighted by Crippen LogP contribution is 2.36. The molecule has 2 aromatic carbocycles. The number of methoxy groups -OCH3 is 2. The van der Waals surface area contributed by atoms with Gasteiger partial charge in [-0.2, -0.15) is 4.31 Å². The van der Waals surface area contributed by atoms with Crippen LogP contribution in [0.5, 0.6) is 5.75 Å². The number of sulfonamides is 1. The first kappa shape index (κ1) is 22.3. The van der Waals surface area contributed by atoms with E-state index >= 15 is 0 Å². The predicted octanol–water partition coefficient (Wildman–Crippen LogP) is 2.23. The van der Waals surface area contributed by atoms with E-state index in [9.17, 15) is 18.0 Å². The molecule has 1 unspecified atom stereocenters. The van der Waals surface area contributed by atoms with Gasteiger partial charge in [0.2, 0.25) is 15.9 Å². The molecule has 0 radical (unpaired) electrons. The quantitative estimate of drug-likeness (QED) is 0.638. The third-order valence-electron chi connectivity index (χ3n) is 6.19. The minimum absolute atomic E-state index is 0.160. The van der Waals surface area contributed by atoms with E-state index in [0.29, 0.717) is 25.0 Å². The molecule has 0 spiro atoms. The number of amides is 1. The molecule has 2 aliphatic rings. The van der Waals surface area contributed by atoms with Gasteiger partial charge >= 0.3 is 5.97 Å². The van der Waals surface area contributed by atoms with Gasteiger partial charge in [0.05, 0.1) is 19.1 Å². The lowest BCUT2D eigenvalue weighted by Gasteiger charge is -2.34. The van der Waals surface area contributed by atoms with Gasteiger partial charge in [-0.25, -0.2) is 13.2 Å². The smallest absolute Gasteiger partial charge is 0.329 e. The summed E-state index contributed by atoms with van der Waals surface area (Å²) in [5.74, 6) is -0.393. The number of carbonyl (C=O) groups excluding carboxylic acids is 2. The lowest BCUT2D eigenvalue weighted by Crippen LogP contribution is -2.49. The van der Waals surface area contributed by atoms with Gasteiger partial charge in [0, 0.05) is 31.1 Å². The number of piperidine rings is 1. The molecule has 0 saturated carbocycles. The summed E-state index contributed by atoms with van der Waals surface area (Å²) in [5.41, 5.74) is 1.65. The molecule has 4 rings (SSSR count). The number of rotatable bonds is 5. The fourth-order valence-electron chi connectivity index (χ4n) is 4.42. The number of hydrogen-bond acceptors (Lipinski definition) is 6. The summed E-state index contributed by atoms with van der Waals surface area (Å²) in [6, 6.07) is 13.0. The zero-order valence-corrected chi connectivity index (χ0v) is 18.9. The molecule has 0 bridgehead atoms. The van der Waals surface area contributed by atoms with Crippen LogP contribution >= 0.6 is 0 Å². The third-order valence-corrected chi connectivity index (χ3v) is 8.10. The number of hydrogen-bond donors (Lipinski definition) is 0. The van der Waals surface area contributed by atoms with Crippen LogP contribution in [0.3, 0.4) is 0 Å². The van der Waals surface area contributed by atoms with Gasteiger partial charge in [0.1, 0.15) is 11.8 Å². The Kier molecular flexibility index (Phi) is 6.21. The van der Waals surface area contributed by atoms with Gasteiger partial charge in [-0.3, -0.25) is 9.69 Å². The van der Waals surface area contributed by atoms with E-state index in [0.717, 1.165) is 11.3 Å². The Morgan fingerprint density at radius 2 is 1.62 bits per heavy atom. The third kappa shape index (κ3) is 3.98. The number of para-hydroxylation sites is 1. The van der Waals surface area contributed by atoms with Crippen LogP contribution in [-0.4, -0.2) is 58.0 Å². The lowest BCUT2D eigenvalue weighted by molar-refractivity contribution is -0.143. The molecule has 170 valence electrons. The minimum Gasteiger partial charge on any atom is -0.497 e. The zero-order chi connectivity index (χ0) is 22.9. The van der Waals surface area contributed by atoms with E-state index in [1.165, 1.54) is 30.7 Å². The number of fused-ring (bicyclic) bond motifs is 1. The Morgan fingerprint density at radius 1 is 0.969 bits per heavy atom. The molecule has 32 heavy (non-hydrogen) atoms. The second-order valence-corrected chi connectivity index (χ2v) is 9.87. The van der Waals surface area contributed by atoms with Crippen LogP contribution in [0.15, 0.2) is 53.4 Å². The number of benzene rings is 2. The maximum absolute atomic E-state index is 13.4. The summed E-state index contributed by atoms with van der Waals surface area (Å²) in [5, 5.41) is 0. The van der Waals surface area contributed by atoms with Crippen molar-refractivity contribution in [2.75, 3.05) is 32.2 Å².